The summed E-state index contributed by atoms with van der Waals surface area (Å²) in [6.07, 6.45) is 3.79. The van der Waals surface area contributed by atoms with E-state index in [1.54, 1.807) is 13.3 Å². The maximum atomic E-state index is 12.3. The molecule has 1 saturated carbocycles. The molecule has 0 unspecified atom stereocenters. The van der Waals surface area contributed by atoms with Crippen molar-refractivity contribution in [3.05, 3.63) is 23.2 Å². The summed E-state index contributed by atoms with van der Waals surface area (Å²) in [6, 6.07) is 0.395. The standard InChI is InChI=1S/C16H19N5O5S/c1-3-25-15(24)11-8(2)26-14(12(11)13(17)23)19-10(22)6-27-16-20-18-7-21(16)9-4-5-9/h7,9H,3-6H2,1-2H3,(H2,17,23)(H,19,22). The first kappa shape index (κ1) is 19.0. The van der Waals surface area contributed by atoms with E-state index in [0.29, 0.717) is 11.2 Å². The summed E-state index contributed by atoms with van der Waals surface area (Å²) >= 11 is 1.22. The number of furan rings is 1. The van der Waals surface area contributed by atoms with Crippen molar-refractivity contribution < 1.29 is 23.5 Å². The molecule has 3 N–H and O–H groups in total. The first-order chi connectivity index (χ1) is 12.9. The number of amides is 2. The van der Waals surface area contributed by atoms with Crippen LogP contribution >= 0.6 is 11.8 Å². The van der Waals surface area contributed by atoms with Gasteiger partial charge in [0.05, 0.1) is 12.4 Å². The molecule has 2 heterocycles. The summed E-state index contributed by atoms with van der Waals surface area (Å²) in [4.78, 5) is 36.1. The monoisotopic (exact) mass is 393 g/mol. The lowest BCUT2D eigenvalue weighted by Crippen LogP contribution is -2.21. The third-order valence-corrected chi connectivity index (χ3v) is 4.83. The van der Waals surface area contributed by atoms with Crippen LogP contribution < -0.4 is 11.1 Å². The molecule has 0 saturated heterocycles. The van der Waals surface area contributed by atoms with Crippen LogP contribution in [0.5, 0.6) is 0 Å². The predicted octanol–water partition coefficient (Wildman–Crippen LogP) is 1.52. The third-order valence-electron chi connectivity index (χ3n) is 3.88. The van der Waals surface area contributed by atoms with Gasteiger partial charge in [0.15, 0.2) is 5.16 Å². The van der Waals surface area contributed by atoms with Gasteiger partial charge >= 0.3 is 5.97 Å². The molecule has 0 atom stereocenters. The second-order valence-corrected chi connectivity index (χ2v) is 6.85. The van der Waals surface area contributed by atoms with E-state index < -0.39 is 17.8 Å². The van der Waals surface area contributed by atoms with Crippen molar-refractivity contribution in [1.29, 1.82) is 0 Å². The van der Waals surface area contributed by atoms with E-state index in [2.05, 4.69) is 15.5 Å². The molecule has 2 amide bonds. The normalized spacial score (nSPS) is 13.4. The number of rotatable bonds is 8. The molecule has 2 aromatic rings. The van der Waals surface area contributed by atoms with Crippen LogP contribution in [0, 0.1) is 6.92 Å². The molecule has 144 valence electrons. The Hall–Kier alpha value is -2.82. The van der Waals surface area contributed by atoms with Crippen LogP contribution in [0.2, 0.25) is 0 Å². The number of hydrogen-bond acceptors (Lipinski definition) is 8. The zero-order valence-corrected chi connectivity index (χ0v) is 15.7. The fraction of sp³-hybridized carbons (Fsp3) is 0.438. The summed E-state index contributed by atoms with van der Waals surface area (Å²) < 4.78 is 12.2. The number of thioether (sulfide) groups is 1. The van der Waals surface area contributed by atoms with Gasteiger partial charge in [0, 0.05) is 6.04 Å². The highest BCUT2D eigenvalue weighted by Gasteiger charge is 2.30. The Morgan fingerprint density at radius 2 is 2.15 bits per heavy atom. The lowest BCUT2D eigenvalue weighted by Gasteiger charge is -2.05. The highest BCUT2D eigenvalue weighted by atomic mass is 32.2. The van der Waals surface area contributed by atoms with Crippen molar-refractivity contribution >= 4 is 35.4 Å². The molecule has 10 nitrogen and oxygen atoms in total. The predicted molar refractivity (Wildman–Crippen MR) is 95.6 cm³/mol. The number of carbonyl (C=O) groups is 3. The van der Waals surface area contributed by atoms with Crippen LogP contribution in [0.15, 0.2) is 15.9 Å². The molecule has 1 fully saturated rings. The summed E-state index contributed by atoms with van der Waals surface area (Å²) in [5, 5.41) is 11.0. The van der Waals surface area contributed by atoms with Gasteiger partial charge in [0.25, 0.3) is 5.91 Å². The van der Waals surface area contributed by atoms with Crippen LogP contribution in [-0.4, -0.2) is 44.9 Å². The van der Waals surface area contributed by atoms with Crippen molar-refractivity contribution in [1.82, 2.24) is 14.8 Å². The Bertz CT molecular complexity index is 886. The molecule has 0 bridgehead atoms. The molecule has 0 spiro atoms. The number of anilines is 1. The molecule has 0 aromatic carbocycles. The number of aromatic nitrogens is 3. The summed E-state index contributed by atoms with van der Waals surface area (Å²) in [5.41, 5.74) is 5.08. The van der Waals surface area contributed by atoms with Gasteiger partial charge in [-0.3, -0.25) is 14.9 Å². The van der Waals surface area contributed by atoms with Crippen LogP contribution in [0.4, 0.5) is 5.88 Å². The number of nitrogens with zero attached hydrogens (tertiary/aromatic N) is 3. The minimum Gasteiger partial charge on any atom is -0.462 e. The van der Waals surface area contributed by atoms with Crippen LogP contribution in [0.3, 0.4) is 0 Å². The lowest BCUT2D eigenvalue weighted by molar-refractivity contribution is -0.113. The number of carbonyl (C=O) groups excluding carboxylic acids is 3. The molecule has 11 heteroatoms. The summed E-state index contributed by atoms with van der Waals surface area (Å²) in [6.45, 7) is 3.25. The third kappa shape index (κ3) is 4.13. The molecule has 27 heavy (non-hydrogen) atoms. The van der Waals surface area contributed by atoms with Crippen molar-refractivity contribution in [2.75, 3.05) is 17.7 Å². The van der Waals surface area contributed by atoms with Gasteiger partial charge in [0.1, 0.15) is 23.2 Å². The van der Waals surface area contributed by atoms with Crippen LogP contribution in [-0.2, 0) is 9.53 Å². The molecule has 0 radical (unpaired) electrons. The second kappa shape index (κ2) is 7.82. The Balaban J connectivity index is 1.71. The fourth-order valence-corrected chi connectivity index (χ4v) is 3.33. The van der Waals surface area contributed by atoms with Gasteiger partial charge in [-0.2, -0.15) is 0 Å². The maximum Gasteiger partial charge on any atom is 0.342 e. The van der Waals surface area contributed by atoms with Gasteiger partial charge in [-0.1, -0.05) is 11.8 Å². The summed E-state index contributed by atoms with van der Waals surface area (Å²) in [5.74, 6) is -2.07. The van der Waals surface area contributed by atoms with Gasteiger partial charge in [-0.15, -0.1) is 10.2 Å². The molecule has 3 rings (SSSR count). The number of primary amides is 1. The fourth-order valence-electron chi connectivity index (χ4n) is 2.55. The zero-order valence-electron chi connectivity index (χ0n) is 14.9. The highest BCUT2D eigenvalue weighted by Crippen LogP contribution is 2.37. The van der Waals surface area contributed by atoms with Crippen molar-refractivity contribution in [3.63, 3.8) is 0 Å². The first-order valence-electron chi connectivity index (χ1n) is 8.34. The van der Waals surface area contributed by atoms with Crippen LogP contribution in [0.25, 0.3) is 0 Å². The van der Waals surface area contributed by atoms with Crippen LogP contribution in [0.1, 0.15) is 52.3 Å². The first-order valence-corrected chi connectivity index (χ1v) is 9.33. The Morgan fingerprint density at radius 1 is 1.41 bits per heavy atom. The highest BCUT2D eigenvalue weighted by molar-refractivity contribution is 7.99. The number of esters is 1. The molecule has 1 aliphatic carbocycles. The quantitative estimate of drug-likeness (QED) is 0.508. The van der Waals surface area contributed by atoms with Crippen molar-refractivity contribution in [2.45, 2.75) is 37.9 Å². The van der Waals surface area contributed by atoms with E-state index in [1.807, 2.05) is 4.57 Å². The largest absolute Gasteiger partial charge is 0.462 e. The van der Waals surface area contributed by atoms with E-state index >= 15 is 0 Å². The van der Waals surface area contributed by atoms with Gasteiger partial charge in [-0.05, 0) is 26.7 Å². The number of nitrogens with one attached hydrogen (secondary N) is 1. The Morgan fingerprint density at radius 3 is 2.78 bits per heavy atom. The average Bonchev–Trinajstić information content (AvgIpc) is 3.24. The Kier molecular flexibility index (Phi) is 5.49. The Labute approximate surface area is 158 Å². The molecular formula is C16H19N5O5S. The topological polar surface area (TPSA) is 142 Å². The minimum atomic E-state index is -0.897. The lowest BCUT2D eigenvalue weighted by atomic mass is 10.1. The number of hydrogen-bond donors (Lipinski definition) is 2. The van der Waals surface area contributed by atoms with E-state index in [1.165, 1.54) is 18.7 Å². The number of nitrogens with two attached hydrogens (primary N) is 1. The molecule has 2 aromatic heterocycles. The van der Waals surface area contributed by atoms with E-state index in [-0.39, 0.29) is 35.1 Å². The molecule has 0 aliphatic heterocycles. The zero-order chi connectivity index (χ0) is 19.6. The minimum absolute atomic E-state index is 0.0259. The average molecular weight is 393 g/mol. The SMILES string of the molecule is CCOC(=O)c1c(C)oc(NC(=O)CSc2nncn2C2CC2)c1C(N)=O. The van der Waals surface area contributed by atoms with E-state index in [9.17, 15) is 14.4 Å². The molecular weight excluding hydrogens is 374 g/mol. The maximum absolute atomic E-state index is 12.3. The van der Waals surface area contributed by atoms with Gasteiger partial charge in [-0.25, -0.2) is 4.79 Å². The second-order valence-electron chi connectivity index (χ2n) is 5.91. The molecule has 1 aliphatic rings. The number of ether oxygens (including phenoxy) is 1. The van der Waals surface area contributed by atoms with Crippen molar-refractivity contribution in [2.24, 2.45) is 5.73 Å². The van der Waals surface area contributed by atoms with E-state index in [0.717, 1.165) is 12.8 Å². The number of aryl methyl sites for hydroxylation is 1. The van der Waals surface area contributed by atoms with Crippen molar-refractivity contribution in [3.8, 4) is 0 Å². The van der Waals surface area contributed by atoms with E-state index in [4.69, 9.17) is 14.9 Å². The van der Waals surface area contributed by atoms with Gasteiger partial charge in [0.2, 0.25) is 11.8 Å². The smallest absolute Gasteiger partial charge is 0.342 e. The van der Waals surface area contributed by atoms with Gasteiger partial charge < -0.3 is 19.5 Å². The summed E-state index contributed by atoms with van der Waals surface area (Å²) in [7, 11) is 0.